The molecule has 31 heavy (non-hydrogen) atoms. The Hall–Kier alpha value is -1.87. The molecule has 0 radical (unpaired) electrons. The van der Waals surface area contributed by atoms with Crippen molar-refractivity contribution in [1.82, 2.24) is 10.2 Å². The highest BCUT2D eigenvalue weighted by atomic mass is 16.5. The third kappa shape index (κ3) is 4.82. The van der Waals surface area contributed by atoms with Crippen molar-refractivity contribution in [3.8, 4) is 5.75 Å². The number of methoxy groups -OCH3 is 1. The number of anilines is 1. The van der Waals surface area contributed by atoms with Crippen molar-refractivity contribution in [1.29, 1.82) is 0 Å². The van der Waals surface area contributed by atoms with Crippen LogP contribution in [0.3, 0.4) is 0 Å². The first-order valence-electron chi connectivity index (χ1n) is 11.5. The number of nitrogens with one attached hydrogen (secondary N) is 1. The van der Waals surface area contributed by atoms with Gasteiger partial charge in [-0.1, -0.05) is 25.0 Å². The molecule has 0 aromatic heterocycles. The van der Waals surface area contributed by atoms with Crippen molar-refractivity contribution in [2.24, 2.45) is 5.92 Å². The van der Waals surface area contributed by atoms with Gasteiger partial charge in [0.2, 0.25) is 5.91 Å². The molecule has 4 atom stereocenters. The number of amides is 1. The van der Waals surface area contributed by atoms with E-state index in [1.807, 2.05) is 18.2 Å². The molecule has 2 saturated heterocycles. The van der Waals surface area contributed by atoms with Crippen LogP contribution in [-0.2, 0) is 9.53 Å². The average molecular weight is 434 g/mol. The summed E-state index contributed by atoms with van der Waals surface area (Å²) in [5, 5.41) is 23.5. The molecule has 1 aromatic rings. The molecular formula is C23H35N3O5. The van der Waals surface area contributed by atoms with Crippen LogP contribution in [0.4, 0.5) is 5.69 Å². The van der Waals surface area contributed by atoms with Gasteiger partial charge in [0.25, 0.3) is 0 Å². The lowest BCUT2D eigenvalue weighted by Crippen LogP contribution is -2.57. The predicted molar refractivity (Wildman–Crippen MR) is 117 cm³/mol. The Kier molecular flexibility index (Phi) is 7.32. The number of hydrogen-bond acceptors (Lipinski definition) is 7. The maximum atomic E-state index is 12.5. The highest BCUT2D eigenvalue weighted by molar-refractivity contribution is 5.78. The van der Waals surface area contributed by atoms with Gasteiger partial charge in [-0.3, -0.25) is 9.69 Å². The fraction of sp³-hybridized carbons (Fsp3) is 0.696. The molecule has 8 heteroatoms. The zero-order chi connectivity index (χ0) is 21.8. The number of hydrogen-bond donors (Lipinski definition) is 3. The number of carbonyl (C=O) groups excluding carboxylic acids is 1. The quantitative estimate of drug-likeness (QED) is 0.580. The third-order valence-corrected chi connectivity index (χ3v) is 7.01. The van der Waals surface area contributed by atoms with Crippen LogP contribution in [0.5, 0.6) is 5.75 Å². The van der Waals surface area contributed by atoms with E-state index in [1.165, 1.54) is 0 Å². The van der Waals surface area contributed by atoms with Gasteiger partial charge in [0.05, 0.1) is 31.5 Å². The van der Waals surface area contributed by atoms with E-state index in [0.717, 1.165) is 63.3 Å². The Balaban J connectivity index is 1.38. The van der Waals surface area contributed by atoms with E-state index in [1.54, 1.807) is 7.11 Å². The SMILES string of the molecule is COc1ccccc1N1CCN([C@H]2[C@H](O)[C@H](CO)O[C@@H]2CNC(=O)C2CCCC2)CC1. The van der Waals surface area contributed by atoms with Gasteiger partial charge >= 0.3 is 0 Å². The molecule has 3 N–H and O–H groups in total. The minimum Gasteiger partial charge on any atom is -0.495 e. The van der Waals surface area contributed by atoms with Crippen molar-refractivity contribution in [3.05, 3.63) is 24.3 Å². The molecule has 2 heterocycles. The number of carbonyl (C=O) groups is 1. The Bertz CT molecular complexity index is 734. The van der Waals surface area contributed by atoms with Gasteiger partial charge in [0.1, 0.15) is 18.0 Å². The fourth-order valence-electron chi connectivity index (χ4n) is 5.28. The summed E-state index contributed by atoms with van der Waals surface area (Å²) in [5.74, 6) is 1.04. The third-order valence-electron chi connectivity index (χ3n) is 7.01. The monoisotopic (exact) mass is 433 g/mol. The predicted octanol–water partition coefficient (Wildman–Crippen LogP) is 0.613. The number of aliphatic hydroxyl groups excluding tert-OH is 2. The first-order chi connectivity index (χ1) is 15.1. The number of rotatable bonds is 7. The van der Waals surface area contributed by atoms with E-state index in [2.05, 4.69) is 21.2 Å². The van der Waals surface area contributed by atoms with Crippen molar-refractivity contribution in [2.75, 3.05) is 51.3 Å². The Morgan fingerprint density at radius 3 is 2.55 bits per heavy atom. The Morgan fingerprint density at radius 2 is 1.87 bits per heavy atom. The second-order valence-corrected chi connectivity index (χ2v) is 8.80. The lowest BCUT2D eigenvalue weighted by atomic mass is 10.0. The standard InChI is InChI=1S/C23H35N3O5/c1-30-18-9-5-4-8-17(18)25-10-12-26(13-11-25)21-19(31-20(15-27)22(21)28)14-24-23(29)16-6-2-3-7-16/h4-5,8-9,16,19-22,27-28H,2-3,6-7,10-15H2,1H3,(H,24,29)/t19-,20+,21-,22-/m1/s1. The van der Waals surface area contributed by atoms with Crippen LogP contribution in [-0.4, -0.2) is 91.8 Å². The minimum atomic E-state index is -0.781. The summed E-state index contributed by atoms with van der Waals surface area (Å²) in [6.45, 7) is 3.25. The van der Waals surface area contributed by atoms with Crippen LogP contribution in [0.1, 0.15) is 25.7 Å². The van der Waals surface area contributed by atoms with Crippen molar-refractivity contribution < 1.29 is 24.5 Å². The molecule has 1 saturated carbocycles. The highest BCUT2D eigenvalue weighted by Gasteiger charge is 2.47. The summed E-state index contributed by atoms with van der Waals surface area (Å²) in [6.07, 6.45) is 2.39. The number of nitrogens with zero attached hydrogens (tertiary/aromatic N) is 2. The van der Waals surface area contributed by atoms with E-state index in [4.69, 9.17) is 9.47 Å². The van der Waals surface area contributed by atoms with Gasteiger partial charge < -0.3 is 29.9 Å². The van der Waals surface area contributed by atoms with E-state index in [0.29, 0.717) is 6.54 Å². The molecule has 1 aromatic carbocycles. The smallest absolute Gasteiger partial charge is 0.223 e. The van der Waals surface area contributed by atoms with E-state index >= 15 is 0 Å². The Labute approximate surface area is 184 Å². The topological polar surface area (TPSA) is 94.5 Å². The lowest BCUT2D eigenvalue weighted by molar-refractivity contribution is -0.125. The molecule has 1 aliphatic carbocycles. The van der Waals surface area contributed by atoms with Crippen LogP contribution < -0.4 is 15.0 Å². The maximum Gasteiger partial charge on any atom is 0.223 e. The van der Waals surface area contributed by atoms with Gasteiger partial charge in [0, 0.05) is 38.6 Å². The minimum absolute atomic E-state index is 0.0859. The van der Waals surface area contributed by atoms with Crippen molar-refractivity contribution in [2.45, 2.75) is 50.0 Å². The van der Waals surface area contributed by atoms with Crippen molar-refractivity contribution >= 4 is 11.6 Å². The summed E-state index contributed by atoms with van der Waals surface area (Å²) in [6, 6.07) is 7.75. The molecule has 0 unspecified atom stereocenters. The van der Waals surface area contributed by atoms with Gasteiger partial charge in [-0.05, 0) is 25.0 Å². The Morgan fingerprint density at radius 1 is 1.16 bits per heavy atom. The first-order valence-corrected chi connectivity index (χ1v) is 11.5. The van der Waals surface area contributed by atoms with Gasteiger partial charge in [-0.2, -0.15) is 0 Å². The lowest BCUT2D eigenvalue weighted by Gasteiger charge is -2.41. The maximum absolute atomic E-state index is 12.5. The van der Waals surface area contributed by atoms with Gasteiger partial charge in [-0.25, -0.2) is 0 Å². The molecule has 4 rings (SSSR count). The summed E-state index contributed by atoms with van der Waals surface area (Å²) >= 11 is 0. The largest absolute Gasteiger partial charge is 0.495 e. The molecule has 3 fully saturated rings. The second-order valence-electron chi connectivity index (χ2n) is 8.80. The highest BCUT2D eigenvalue weighted by Crippen LogP contribution is 2.31. The van der Waals surface area contributed by atoms with E-state index < -0.39 is 12.2 Å². The summed E-state index contributed by atoms with van der Waals surface area (Å²) in [5.41, 5.74) is 1.07. The van der Waals surface area contributed by atoms with Crippen LogP contribution in [0, 0.1) is 5.92 Å². The summed E-state index contributed by atoms with van der Waals surface area (Å²) in [7, 11) is 1.68. The van der Waals surface area contributed by atoms with Crippen molar-refractivity contribution in [3.63, 3.8) is 0 Å². The fourth-order valence-corrected chi connectivity index (χ4v) is 5.28. The van der Waals surface area contributed by atoms with Gasteiger partial charge in [0.15, 0.2) is 0 Å². The average Bonchev–Trinajstić information content (AvgIpc) is 3.46. The molecule has 2 aliphatic heterocycles. The van der Waals surface area contributed by atoms with E-state index in [9.17, 15) is 15.0 Å². The molecule has 8 nitrogen and oxygen atoms in total. The summed E-state index contributed by atoms with van der Waals surface area (Å²) < 4.78 is 11.5. The second kappa shape index (κ2) is 10.2. The number of benzene rings is 1. The number of para-hydroxylation sites is 2. The first kappa shape index (κ1) is 22.3. The zero-order valence-electron chi connectivity index (χ0n) is 18.3. The van der Waals surface area contributed by atoms with Crippen LogP contribution in [0.25, 0.3) is 0 Å². The molecule has 0 spiro atoms. The molecule has 3 aliphatic rings. The number of aliphatic hydroxyl groups is 2. The zero-order valence-corrected chi connectivity index (χ0v) is 18.3. The number of ether oxygens (including phenoxy) is 2. The van der Waals surface area contributed by atoms with Crippen LogP contribution in [0.2, 0.25) is 0 Å². The van der Waals surface area contributed by atoms with Gasteiger partial charge in [-0.15, -0.1) is 0 Å². The van der Waals surface area contributed by atoms with E-state index in [-0.39, 0.29) is 30.6 Å². The molecular weight excluding hydrogens is 398 g/mol. The normalized spacial score (nSPS) is 30.0. The summed E-state index contributed by atoms with van der Waals surface area (Å²) in [4.78, 5) is 17.0. The number of piperazine rings is 1. The van der Waals surface area contributed by atoms with Crippen LogP contribution >= 0.6 is 0 Å². The molecule has 172 valence electrons. The molecule has 1 amide bonds. The molecule has 0 bridgehead atoms. The van der Waals surface area contributed by atoms with Crippen LogP contribution in [0.15, 0.2) is 24.3 Å².